The topological polar surface area (TPSA) is 52.3 Å². The van der Waals surface area contributed by atoms with Gasteiger partial charge < -0.3 is 9.15 Å². The van der Waals surface area contributed by atoms with E-state index in [4.69, 9.17) is 4.42 Å². The Bertz CT molecular complexity index is 932. The number of ether oxygens (including phenoxy) is 1. The first-order valence-corrected chi connectivity index (χ1v) is 6.60. The van der Waals surface area contributed by atoms with Gasteiger partial charge in [0.25, 0.3) is 0 Å². The highest BCUT2D eigenvalue weighted by molar-refractivity contribution is 5.80. The van der Waals surface area contributed by atoms with Crippen LogP contribution in [0.1, 0.15) is 5.56 Å². The van der Waals surface area contributed by atoms with Gasteiger partial charge in [-0.2, -0.15) is 0 Å². The van der Waals surface area contributed by atoms with E-state index in [0.29, 0.717) is 5.56 Å². The van der Waals surface area contributed by atoms with E-state index in [1.165, 1.54) is 6.07 Å². The fourth-order valence-corrected chi connectivity index (χ4v) is 2.18. The molecule has 0 aliphatic rings. The molecule has 0 fully saturated rings. The Morgan fingerprint density at radius 2 is 1.87 bits per heavy atom. The zero-order chi connectivity index (χ0) is 16.6. The van der Waals surface area contributed by atoms with E-state index >= 15 is 0 Å². The number of hydrogen-bond donors (Lipinski definition) is 0. The smallest absolute Gasteiger partial charge is 0.406 e. The fraction of sp³-hybridized carbons (Fsp3) is 0.125. The molecule has 23 heavy (non-hydrogen) atoms. The summed E-state index contributed by atoms with van der Waals surface area (Å²) >= 11 is 0. The van der Waals surface area contributed by atoms with E-state index in [2.05, 4.69) is 9.72 Å². The predicted molar refractivity (Wildman–Crippen MR) is 77.1 cm³/mol. The molecule has 0 bridgehead atoms. The SMILES string of the molecule is Cc1ccccc1-c1nc2ccc(OC(F)(F)F)cc2c(=O)o1. The fourth-order valence-electron chi connectivity index (χ4n) is 2.18. The van der Waals surface area contributed by atoms with Crippen molar-refractivity contribution in [2.75, 3.05) is 0 Å². The minimum absolute atomic E-state index is 0.0796. The largest absolute Gasteiger partial charge is 0.573 e. The summed E-state index contributed by atoms with van der Waals surface area (Å²) in [5.41, 5.74) is 0.955. The maximum atomic E-state index is 12.2. The first-order chi connectivity index (χ1) is 10.8. The first-order valence-electron chi connectivity index (χ1n) is 6.60. The van der Waals surface area contributed by atoms with Gasteiger partial charge in [-0.05, 0) is 36.8 Å². The van der Waals surface area contributed by atoms with E-state index < -0.39 is 17.7 Å². The zero-order valence-electron chi connectivity index (χ0n) is 11.8. The molecule has 4 nitrogen and oxygen atoms in total. The number of aromatic nitrogens is 1. The molecule has 0 atom stereocenters. The predicted octanol–water partition coefficient (Wildman–Crippen LogP) is 4.06. The lowest BCUT2D eigenvalue weighted by atomic mass is 10.1. The lowest BCUT2D eigenvalue weighted by Gasteiger charge is -2.09. The number of halogens is 3. The molecule has 0 spiro atoms. The van der Waals surface area contributed by atoms with Gasteiger partial charge in [-0.1, -0.05) is 18.2 Å². The lowest BCUT2D eigenvalue weighted by molar-refractivity contribution is -0.274. The second-order valence-electron chi connectivity index (χ2n) is 4.85. The van der Waals surface area contributed by atoms with Gasteiger partial charge >= 0.3 is 12.0 Å². The molecular weight excluding hydrogens is 311 g/mol. The molecule has 0 unspecified atom stereocenters. The van der Waals surface area contributed by atoms with Gasteiger partial charge in [-0.15, -0.1) is 13.2 Å². The van der Waals surface area contributed by atoms with Crippen LogP contribution in [0.3, 0.4) is 0 Å². The third-order valence-corrected chi connectivity index (χ3v) is 3.21. The van der Waals surface area contributed by atoms with Crippen LogP contribution in [0.5, 0.6) is 5.75 Å². The van der Waals surface area contributed by atoms with Crippen LogP contribution in [-0.4, -0.2) is 11.3 Å². The van der Waals surface area contributed by atoms with Crippen molar-refractivity contribution in [2.24, 2.45) is 0 Å². The monoisotopic (exact) mass is 321 g/mol. The van der Waals surface area contributed by atoms with Crippen LogP contribution in [0.25, 0.3) is 22.4 Å². The molecule has 0 radical (unpaired) electrons. The van der Waals surface area contributed by atoms with Crippen LogP contribution in [0.4, 0.5) is 13.2 Å². The van der Waals surface area contributed by atoms with Gasteiger partial charge in [-0.3, -0.25) is 0 Å². The lowest BCUT2D eigenvalue weighted by Crippen LogP contribution is -2.17. The molecule has 3 aromatic rings. The maximum absolute atomic E-state index is 12.2. The minimum atomic E-state index is -4.83. The molecule has 0 saturated carbocycles. The molecule has 0 aliphatic heterocycles. The van der Waals surface area contributed by atoms with Crippen molar-refractivity contribution in [3.63, 3.8) is 0 Å². The molecule has 0 amide bonds. The van der Waals surface area contributed by atoms with Crippen LogP contribution in [0.15, 0.2) is 51.7 Å². The highest BCUT2D eigenvalue weighted by Gasteiger charge is 2.31. The van der Waals surface area contributed by atoms with Crippen molar-refractivity contribution in [1.29, 1.82) is 0 Å². The third kappa shape index (κ3) is 3.18. The quantitative estimate of drug-likeness (QED) is 0.714. The van der Waals surface area contributed by atoms with Crippen molar-refractivity contribution in [3.8, 4) is 17.2 Å². The minimum Gasteiger partial charge on any atom is -0.406 e. The van der Waals surface area contributed by atoms with Crippen molar-refractivity contribution in [3.05, 3.63) is 58.4 Å². The number of aryl methyl sites for hydroxylation is 1. The second-order valence-corrected chi connectivity index (χ2v) is 4.85. The summed E-state index contributed by atoms with van der Waals surface area (Å²) in [6.07, 6.45) is -4.83. The number of alkyl halides is 3. The Morgan fingerprint density at radius 3 is 2.57 bits per heavy atom. The Balaban J connectivity index is 2.12. The maximum Gasteiger partial charge on any atom is 0.573 e. The van der Waals surface area contributed by atoms with E-state index in [-0.39, 0.29) is 16.8 Å². The molecular formula is C16H10F3NO3. The van der Waals surface area contributed by atoms with Crippen molar-refractivity contribution in [2.45, 2.75) is 13.3 Å². The second kappa shape index (κ2) is 5.42. The number of benzene rings is 2. The summed E-state index contributed by atoms with van der Waals surface area (Å²) < 4.78 is 45.6. The van der Waals surface area contributed by atoms with E-state index in [9.17, 15) is 18.0 Å². The highest BCUT2D eigenvalue weighted by Crippen LogP contribution is 2.26. The van der Waals surface area contributed by atoms with Crippen LogP contribution >= 0.6 is 0 Å². The van der Waals surface area contributed by atoms with E-state index in [1.54, 1.807) is 12.1 Å². The van der Waals surface area contributed by atoms with Crippen LogP contribution < -0.4 is 10.4 Å². The first kappa shape index (κ1) is 15.1. The number of nitrogens with zero attached hydrogens (tertiary/aromatic N) is 1. The molecule has 7 heteroatoms. The summed E-state index contributed by atoms with van der Waals surface area (Å²) in [7, 11) is 0. The molecule has 118 valence electrons. The van der Waals surface area contributed by atoms with E-state index in [1.807, 2.05) is 19.1 Å². The molecule has 3 rings (SSSR count). The number of rotatable bonds is 2. The Hall–Kier alpha value is -2.83. The third-order valence-electron chi connectivity index (χ3n) is 3.21. The van der Waals surface area contributed by atoms with E-state index in [0.717, 1.165) is 17.7 Å². The van der Waals surface area contributed by atoms with Crippen molar-refractivity contribution in [1.82, 2.24) is 4.98 Å². The molecule has 2 aromatic carbocycles. The summed E-state index contributed by atoms with van der Waals surface area (Å²) in [6.45, 7) is 1.83. The summed E-state index contributed by atoms with van der Waals surface area (Å²) in [6, 6.07) is 10.5. The summed E-state index contributed by atoms with van der Waals surface area (Å²) in [5, 5.41) is -0.0796. The standard InChI is InChI=1S/C16H10F3NO3/c1-9-4-2-3-5-11(9)14-20-13-7-6-10(23-16(17,18)19)8-12(13)15(21)22-14/h2-8H,1H3. The highest BCUT2D eigenvalue weighted by atomic mass is 19.4. The Labute approximate surface area is 128 Å². The average Bonchev–Trinajstić information content (AvgIpc) is 2.46. The summed E-state index contributed by atoms with van der Waals surface area (Å²) in [5.74, 6) is -0.382. The average molecular weight is 321 g/mol. The Kier molecular flexibility index (Phi) is 3.55. The molecule has 1 heterocycles. The molecule has 0 saturated heterocycles. The molecule has 0 N–H and O–H groups in total. The number of hydrogen-bond acceptors (Lipinski definition) is 4. The van der Waals surface area contributed by atoms with Gasteiger partial charge in [0.1, 0.15) is 5.75 Å². The summed E-state index contributed by atoms with van der Waals surface area (Å²) in [4.78, 5) is 16.3. The van der Waals surface area contributed by atoms with Gasteiger partial charge in [-0.25, -0.2) is 9.78 Å². The van der Waals surface area contributed by atoms with Gasteiger partial charge in [0.15, 0.2) is 0 Å². The number of fused-ring (bicyclic) bond motifs is 1. The van der Waals surface area contributed by atoms with Gasteiger partial charge in [0.2, 0.25) is 5.89 Å². The normalized spacial score (nSPS) is 11.7. The van der Waals surface area contributed by atoms with Gasteiger partial charge in [0.05, 0.1) is 10.9 Å². The van der Waals surface area contributed by atoms with Crippen molar-refractivity contribution < 1.29 is 22.3 Å². The van der Waals surface area contributed by atoms with Crippen molar-refractivity contribution >= 4 is 10.9 Å². The van der Waals surface area contributed by atoms with Crippen LogP contribution in [0.2, 0.25) is 0 Å². The molecule has 0 aliphatic carbocycles. The zero-order valence-corrected chi connectivity index (χ0v) is 11.8. The van der Waals surface area contributed by atoms with Gasteiger partial charge in [0, 0.05) is 5.56 Å². The van der Waals surface area contributed by atoms with Crippen LogP contribution in [0, 0.1) is 6.92 Å². The van der Waals surface area contributed by atoms with Crippen LogP contribution in [-0.2, 0) is 0 Å². The molecule has 1 aromatic heterocycles. The Morgan fingerprint density at radius 1 is 1.13 bits per heavy atom.